The van der Waals surface area contributed by atoms with E-state index in [1.54, 1.807) is 6.08 Å². The molecule has 28 heavy (non-hydrogen) atoms. The second kappa shape index (κ2) is 5.91. The maximum absolute atomic E-state index is 13.6. The lowest BCUT2D eigenvalue weighted by Gasteiger charge is -2.62. The summed E-state index contributed by atoms with van der Waals surface area (Å²) in [5.41, 5.74) is -0.551. The fourth-order valence-electron chi connectivity index (χ4n) is 8.18. The minimum absolute atomic E-state index is 0.0149. The molecule has 0 saturated heterocycles. The molecule has 1 heterocycles. The zero-order valence-electron chi connectivity index (χ0n) is 16.9. The standard InChI is InChI=1S/C23H32O5/c1-21-7-5-15(24)10-14(21)3-4-17-20(21)18(25)11-22(2)16(6-8-23(17,22)27)13-9-19(26)28-12-13/h9,14-17,20,24,27H,3-8,10-12H2,1-2H3/t14-,15-,16-,17-,20-,21+,22-,23-/m1/s1. The van der Waals surface area contributed by atoms with Gasteiger partial charge in [0.1, 0.15) is 12.4 Å². The molecule has 0 spiro atoms. The number of carbonyl (C=O) groups is 2. The second-order valence-electron chi connectivity index (χ2n) is 10.7. The van der Waals surface area contributed by atoms with Gasteiger partial charge in [-0.3, -0.25) is 4.79 Å². The van der Waals surface area contributed by atoms with E-state index in [0.717, 1.165) is 44.1 Å². The molecule has 0 unspecified atom stereocenters. The van der Waals surface area contributed by atoms with Crippen LogP contribution in [-0.4, -0.2) is 40.3 Å². The van der Waals surface area contributed by atoms with Gasteiger partial charge in [-0.1, -0.05) is 13.8 Å². The Kier molecular flexibility index (Phi) is 3.97. The van der Waals surface area contributed by atoms with Crippen molar-refractivity contribution in [2.75, 3.05) is 6.61 Å². The lowest BCUT2D eigenvalue weighted by atomic mass is 9.43. The number of rotatable bonds is 1. The summed E-state index contributed by atoms with van der Waals surface area (Å²) in [4.78, 5) is 25.2. The van der Waals surface area contributed by atoms with Crippen LogP contribution in [0.25, 0.3) is 0 Å². The van der Waals surface area contributed by atoms with Crippen molar-refractivity contribution in [3.8, 4) is 0 Å². The van der Waals surface area contributed by atoms with Crippen LogP contribution in [0.1, 0.15) is 65.2 Å². The number of ketones is 1. The molecule has 0 aromatic rings. The number of aliphatic hydroxyl groups is 2. The molecule has 1 aliphatic heterocycles. The Morgan fingerprint density at radius 1 is 1.11 bits per heavy atom. The molecule has 5 nitrogen and oxygen atoms in total. The number of Topliss-reactive ketones (excluding diaryl/α,β-unsaturated/α-hetero) is 1. The van der Waals surface area contributed by atoms with Crippen molar-refractivity contribution in [3.05, 3.63) is 11.6 Å². The van der Waals surface area contributed by atoms with Crippen LogP contribution < -0.4 is 0 Å². The van der Waals surface area contributed by atoms with E-state index in [1.807, 2.05) is 0 Å². The van der Waals surface area contributed by atoms with Crippen LogP contribution in [0.2, 0.25) is 0 Å². The minimum Gasteiger partial charge on any atom is -0.458 e. The topological polar surface area (TPSA) is 83.8 Å². The summed E-state index contributed by atoms with van der Waals surface area (Å²) >= 11 is 0. The number of ether oxygens (including phenoxy) is 1. The highest BCUT2D eigenvalue weighted by molar-refractivity contribution is 5.86. The zero-order chi connectivity index (χ0) is 19.9. The first kappa shape index (κ1) is 18.8. The first-order chi connectivity index (χ1) is 13.2. The monoisotopic (exact) mass is 388 g/mol. The number of cyclic esters (lactones) is 1. The molecule has 4 aliphatic carbocycles. The molecule has 5 rings (SSSR count). The van der Waals surface area contributed by atoms with E-state index in [0.29, 0.717) is 31.1 Å². The molecule has 5 heteroatoms. The highest BCUT2D eigenvalue weighted by atomic mass is 16.5. The molecule has 0 aromatic carbocycles. The molecule has 5 aliphatic rings. The molecular formula is C23H32O5. The summed E-state index contributed by atoms with van der Waals surface area (Å²) in [6.07, 6.45) is 7.48. The smallest absolute Gasteiger partial charge is 0.331 e. The van der Waals surface area contributed by atoms with Crippen LogP contribution in [0.5, 0.6) is 0 Å². The van der Waals surface area contributed by atoms with Gasteiger partial charge in [-0.15, -0.1) is 0 Å². The molecule has 4 fully saturated rings. The maximum atomic E-state index is 13.6. The summed E-state index contributed by atoms with van der Waals surface area (Å²) in [7, 11) is 0. The van der Waals surface area contributed by atoms with Gasteiger partial charge >= 0.3 is 5.97 Å². The third-order valence-electron chi connectivity index (χ3n) is 9.65. The summed E-state index contributed by atoms with van der Waals surface area (Å²) in [5.74, 6) is 0.272. The Morgan fingerprint density at radius 2 is 1.89 bits per heavy atom. The van der Waals surface area contributed by atoms with Gasteiger partial charge in [-0.25, -0.2) is 4.79 Å². The normalized spacial score (nSPS) is 53.1. The number of aliphatic hydroxyl groups excluding tert-OH is 1. The Balaban J connectivity index is 1.52. The Hall–Kier alpha value is -1.20. The van der Waals surface area contributed by atoms with Crippen molar-refractivity contribution in [1.82, 2.24) is 0 Å². The summed E-state index contributed by atoms with van der Waals surface area (Å²) in [5, 5.41) is 22.2. The highest BCUT2D eigenvalue weighted by Crippen LogP contribution is 2.68. The predicted octanol–water partition coefficient (Wildman–Crippen LogP) is 2.78. The van der Waals surface area contributed by atoms with E-state index in [-0.39, 0.29) is 35.2 Å². The molecule has 0 aromatic heterocycles. The fraction of sp³-hybridized carbons (Fsp3) is 0.826. The van der Waals surface area contributed by atoms with Crippen molar-refractivity contribution in [1.29, 1.82) is 0 Å². The first-order valence-electron chi connectivity index (χ1n) is 11.0. The molecule has 2 N–H and O–H groups in total. The van der Waals surface area contributed by atoms with Gasteiger partial charge in [0.15, 0.2) is 0 Å². The fourth-order valence-corrected chi connectivity index (χ4v) is 8.18. The van der Waals surface area contributed by atoms with Gasteiger partial charge in [0.25, 0.3) is 0 Å². The van der Waals surface area contributed by atoms with Crippen molar-refractivity contribution in [2.24, 2.45) is 34.5 Å². The highest BCUT2D eigenvalue weighted by Gasteiger charge is 2.70. The summed E-state index contributed by atoms with van der Waals surface area (Å²) in [6.45, 7) is 4.61. The van der Waals surface area contributed by atoms with Crippen LogP contribution >= 0.6 is 0 Å². The third-order valence-corrected chi connectivity index (χ3v) is 9.65. The number of carbonyl (C=O) groups excluding carboxylic acids is 2. The third kappa shape index (κ3) is 2.26. The lowest BCUT2D eigenvalue weighted by Crippen LogP contribution is -2.65. The zero-order valence-corrected chi connectivity index (χ0v) is 16.9. The Bertz CT molecular complexity index is 758. The Labute approximate surface area is 166 Å². The van der Waals surface area contributed by atoms with Gasteiger partial charge in [0.05, 0.1) is 11.7 Å². The Morgan fingerprint density at radius 3 is 2.61 bits per heavy atom. The van der Waals surface area contributed by atoms with Gasteiger partial charge in [0.2, 0.25) is 0 Å². The van der Waals surface area contributed by atoms with Crippen molar-refractivity contribution < 1.29 is 24.5 Å². The number of hydrogen-bond acceptors (Lipinski definition) is 5. The molecule has 0 bridgehead atoms. The van der Waals surface area contributed by atoms with Gasteiger partial charge < -0.3 is 14.9 Å². The second-order valence-corrected chi connectivity index (χ2v) is 10.7. The van der Waals surface area contributed by atoms with E-state index in [9.17, 15) is 19.8 Å². The SMILES string of the molecule is C[C@]12CC[C@@H](O)C[C@H]1CC[C@@H]1[C@@H]2C(=O)C[C@]2(C)[C@@H](C3=CC(=O)OC3)CC[C@@]12O. The predicted molar refractivity (Wildman–Crippen MR) is 102 cm³/mol. The van der Waals surface area contributed by atoms with E-state index < -0.39 is 11.0 Å². The summed E-state index contributed by atoms with van der Waals surface area (Å²) < 4.78 is 5.14. The average Bonchev–Trinajstić information content (AvgIpc) is 3.16. The molecule has 0 amide bonds. The molecular weight excluding hydrogens is 356 g/mol. The van der Waals surface area contributed by atoms with Crippen LogP contribution in [0.3, 0.4) is 0 Å². The molecule has 4 saturated carbocycles. The number of hydrogen-bond donors (Lipinski definition) is 2. The van der Waals surface area contributed by atoms with Crippen molar-refractivity contribution in [3.63, 3.8) is 0 Å². The van der Waals surface area contributed by atoms with Crippen molar-refractivity contribution in [2.45, 2.75) is 76.9 Å². The maximum Gasteiger partial charge on any atom is 0.331 e. The largest absolute Gasteiger partial charge is 0.458 e. The van der Waals surface area contributed by atoms with Gasteiger partial charge in [-0.2, -0.15) is 0 Å². The first-order valence-corrected chi connectivity index (χ1v) is 11.0. The molecule has 0 radical (unpaired) electrons. The van der Waals surface area contributed by atoms with E-state index in [1.165, 1.54) is 0 Å². The number of esters is 1. The van der Waals surface area contributed by atoms with Crippen LogP contribution in [-0.2, 0) is 14.3 Å². The minimum atomic E-state index is -0.868. The number of fused-ring (bicyclic) bond motifs is 5. The van der Waals surface area contributed by atoms with Gasteiger partial charge in [0, 0.05) is 23.8 Å². The van der Waals surface area contributed by atoms with Crippen LogP contribution in [0.4, 0.5) is 0 Å². The average molecular weight is 389 g/mol. The van der Waals surface area contributed by atoms with E-state index >= 15 is 0 Å². The quantitative estimate of drug-likeness (QED) is 0.675. The molecule has 8 atom stereocenters. The van der Waals surface area contributed by atoms with Gasteiger partial charge in [-0.05, 0) is 73.7 Å². The van der Waals surface area contributed by atoms with E-state index in [4.69, 9.17) is 4.74 Å². The van der Waals surface area contributed by atoms with E-state index in [2.05, 4.69) is 13.8 Å². The summed E-state index contributed by atoms with van der Waals surface area (Å²) in [6, 6.07) is 0. The van der Waals surface area contributed by atoms with Crippen LogP contribution in [0, 0.1) is 34.5 Å². The van der Waals surface area contributed by atoms with Crippen LogP contribution in [0.15, 0.2) is 11.6 Å². The lowest BCUT2D eigenvalue weighted by molar-refractivity contribution is -0.206. The molecule has 154 valence electrons. The van der Waals surface area contributed by atoms with Crippen molar-refractivity contribution >= 4 is 11.8 Å².